The van der Waals surface area contributed by atoms with Crippen molar-refractivity contribution in [3.05, 3.63) is 59.9 Å². The molecular weight excluding hydrogens is 458 g/mol. The molecule has 1 aliphatic rings. The molecule has 0 atom stereocenters. The topological polar surface area (TPSA) is 84.3 Å². The van der Waals surface area contributed by atoms with Crippen LogP contribution in [0.3, 0.4) is 0 Å². The molecule has 0 aliphatic carbocycles. The number of likely N-dealkylation sites (tertiary alicyclic amines) is 1. The number of fused-ring (bicyclic) bond motifs is 1. The number of nitrogens with zero attached hydrogens (tertiary/aromatic N) is 2. The van der Waals surface area contributed by atoms with Crippen molar-refractivity contribution >= 4 is 28.5 Å². The molecule has 192 valence electrons. The van der Waals surface area contributed by atoms with Crippen LogP contribution in [0.5, 0.6) is 5.75 Å². The summed E-state index contributed by atoms with van der Waals surface area (Å²) >= 11 is 0. The molecule has 1 saturated heterocycles. The smallest absolute Gasteiger partial charge is 0.291 e. The van der Waals surface area contributed by atoms with E-state index in [4.69, 9.17) is 13.9 Å². The first kappa shape index (κ1) is 25.7. The quantitative estimate of drug-likeness (QED) is 0.414. The van der Waals surface area contributed by atoms with Crippen molar-refractivity contribution in [1.82, 2.24) is 9.80 Å². The Morgan fingerprint density at radius 3 is 2.58 bits per heavy atom. The van der Waals surface area contributed by atoms with Crippen LogP contribution in [0.25, 0.3) is 11.0 Å². The van der Waals surface area contributed by atoms with Gasteiger partial charge in [-0.15, -0.1) is 0 Å². The third-order valence-electron chi connectivity index (χ3n) is 6.76. The van der Waals surface area contributed by atoms with E-state index in [-0.39, 0.29) is 17.6 Å². The molecular formula is C28H35N3O5. The molecule has 4 rings (SSSR count). The van der Waals surface area contributed by atoms with E-state index in [1.165, 1.54) is 7.11 Å². The minimum absolute atomic E-state index is 0.156. The molecule has 0 spiro atoms. The van der Waals surface area contributed by atoms with E-state index in [0.717, 1.165) is 39.0 Å². The van der Waals surface area contributed by atoms with Crippen molar-refractivity contribution in [3.63, 3.8) is 0 Å². The number of rotatable bonds is 10. The monoisotopic (exact) mass is 493 g/mol. The van der Waals surface area contributed by atoms with Crippen LogP contribution in [0, 0.1) is 0 Å². The molecule has 8 nitrogen and oxygen atoms in total. The molecule has 36 heavy (non-hydrogen) atoms. The summed E-state index contributed by atoms with van der Waals surface area (Å²) in [5, 5.41) is 3.61. The van der Waals surface area contributed by atoms with E-state index in [9.17, 15) is 9.59 Å². The number of ether oxygens (including phenoxy) is 2. The number of furan rings is 1. The number of piperidine rings is 1. The van der Waals surface area contributed by atoms with Crippen LogP contribution in [-0.4, -0.2) is 74.7 Å². The molecule has 2 amide bonds. The van der Waals surface area contributed by atoms with Gasteiger partial charge >= 0.3 is 0 Å². The average molecular weight is 494 g/mol. The summed E-state index contributed by atoms with van der Waals surface area (Å²) in [6, 6.07) is 14.8. The molecule has 1 aromatic heterocycles. The lowest BCUT2D eigenvalue weighted by Gasteiger charge is -2.36. The van der Waals surface area contributed by atoms with E-state index < -0.39 is 0 Å². The number of hydrogen-bond donors (Lipinski definition) is 1. The fourth-order valence-corrected chi connectivity index (χ4v) is 4.73. The summed E-state index contributed by atoms with van der Waals surface area (Å²) in [4.78, 5) is 30.9. The number of nitrogens with one attached hydrogen (secondary N) is 1. The fourth-order valence-electron chi connectivity index (χ4n) is 4.73. The zero-order chi connectivity index (χ0) is 25.5. The Morgan fingerprint density at radius 1 is 1.11 bits per heavy atom. The Morgan fingerprint density at radius 2 is 1.83 bits per heavy atom. The first-order chi connectivity index (χ1) is 17.5. The summed E-state index contributed by atoms with van der Waals surface area (Å²) in [6.07, 6.45) is 2.78. The van der Waals surface area contributed by atoms with Gasteiger partial charge in [0.15, 0.2) is 0 Å². The highest BCUT2D eigenvalue weighted by atomic mass is 16.5. The lowest BCUT2D eigenvalue weighted by molar-refractivity contribution is 0.0606. The van der Waals surface area contributed by atoms with Crippen molar-refractivity contribution in [2.24, 2.45) is 0 Å². The zero-order valence-corrected chi connectivity index (χ0v) is 21.3. The highest BCUT2D eigenvalue weighted by Gasteiger charge is 2.31. The number of benzene rings is 2. The molecule has 1 fully saturated rings. The minimum atomic E-state index is -0.361. The van der Waals surface area contributed by atoms with Crippen LogP contribution in [0.1, 0.15) is 47.1 Å². The first-order valence-electron chi connectivity index (χ1n) is 12.6. The van der Waals surface area contributed by atoms with Crippen LogP contribution < -0.4 is 10.1 Å². The van der Waals surface area contributed by atoms with Crippen LogP contribution in [-0.2, 0) is 4.74 Å². The van der Waals surface area contributed by atoms with Gasteiger partial charge in [-0.05, 0) is 57.5 Å². The van der Waals surface area contributed by atoms with Crippen molar-refractivity contribution in [1.29, 1.82) is 0 Å². The number of methoxy groups -OCH3 is 1. The standard InChI is InChI=1S/C28H35N3O5/c1-4-35-19-9-16-30(2)20-14-17-31(18-15-20)28(33)26-25(21-10-5-8-13-24(21)36-26)29-27(32)22-11-6-7-12-23(22)34-3/h5-8,10-13,20H,4,9,14-19H2,1-3H3,(H,29,32). The van der Waals surface area contributed by atoms with Crippen LogP contribution >= 0.6 is 0 Å². The third kappa shape index (κ3) is 5.71. The first-order valence-corrected chi connectivity index (χ1v) is 12.6. The second-order valence-corrected chi connectivity index (χ2v) is 9.01. The van der Waals surface area contributed by atoms with Crippen molar-refractivity contribution in [2.45, 2.75) is 32.2 Å². The molecule has 1 N–H and O–H groups in total. The summed E-state index contributed by atoms with van der Waals surface area (Å²) in [5.41, 5.74) is 1.33. The van der Waals surface area contributed by atoms with E-state index in [0.29, 0.717) is 47.1 Å². The predicted molar refractivity (Wildman–Crippen MR) is 140 cm³/mol. The van der Waals surface area contributed by atoms with Crippen molar-refractivity contribution in [2.75, 3.05) is 52.3 Å². The molecule has 0 bridgehead atoms. The Bertz CT molecular complexity index is 1180. The van der Waals surface area contributed by atoms with Gasteiger partial charge in [0, 0.05) is 44.3 Å². The van der Waals surface area contributed by atoms with Crippen LogP contribution in [0.4, 0.5) is 5.69 Å². The van der Waals surface area contributed by atoms with Gasteiger partial charge in [0.2, 0.25) is 5.76 Å². The predicted octanol–water partition coefficient (Wildman–Crippen LogP) is 4.66. The molecule has 0 saturated carbocycles. The van der Waals surface area contributed by atoms with Crippen LogP contribution in [0.2, 0.25) is 0 Å². The highest BCUT2D eigenvalue weighted by Crippen LogP contribution is 2.33. The summed E-state index contributed by atoms with van der Waals surface area (Å²) in [5.74, 6) is 0.0468. The Balaban J connectivity index is 1.49. The SMILES string of the molecule is CCOCCCN(C)C1CCN(C(=O)c2oc3ccccc3c2NC(=O)c2ccccc2OC)CC1. The van der Waals surface area contributed by atoms with Gasteiger partial charge in [-0.25, -0.2) is 0 Å². The maximum absolute atomic E-state index is 13.6. The Labute approximate surface area is 212 Å². The van der Waals surface area contributed by atoms with E-state index in [1.54, 1.807) is 30.3 Å². The normalized spacial score (nSPS) is 14.4. The summed E-state index contributed by atoms with van der Waals surface area (Å²) in [7, 11) is 3.66. The van der Waals surface area contributed by atoms with Crippen molar-refractivity contribution in [3.8, 4) is 5.75 Å². The molecule has 0 radical (unpaired) electrons. The Hall–Kier alpha value is -3.36. The van der Waals surface area contributed by atoms with E-state index >= 15 is 0 Å². The van der Waals surface area contributed by atoms with Gasteiger partial charge in [-0.2, -0.15) is 0 Å². The second kappa shape index (κ2) is 12.1. The molecule has 0 unspecified atom stereocenters. The molecule has 8 heteroatoms. The summed E-state index contributed by atoms with van der Waals surface area (Å²) < 4.78 is 16.8. The number of amides is 2. The zero-order valence-electron chi connectivity index (χ0n) is 21.3. The number of hydrogen-bond acceptors (Lipinski definition) is 6. The number of carbonyl (C=O) groups is 2. The molecule has 2 heterocycles. The molecule has 2 aromatic carbocycles. The number of para-hydroxylation sites is 2. The van der Waals surface area contributed by atoms with Gasteiger partial charge in [0.05, 0.1) is 12.7 Å². The maximum Gasteiger partial charge on any atom is 0.291 e. The minimum Gasteiger partial charge on any atom is -0.496 e. The summed E-state index contributed by atoms with van der Waals surface area (Å²) in [6.45, 7) is 5.77. The fraction of sp³-hybridized carbons (Fsp3) is 0.429. The maximum atomic E-state index is 13.6. The van der Waals surface area contributed by atoms with Gasteiger partial charge in [0.1, 0.15) is 17.0 Å². The highest BCUT2D eigenvalue weighted by molar-refractivity contribution is 6.15. The van der Waals surface area contributed by atoms with E-state index in [2.05, 4.69) is 17.3 Å². The van der Waals surface area contributed by atoms with Gasteiger partial charge in [0.25, 0.3) is 11.8 Å². The number of anilines is 1. The third-order valence-corrected chi connectivity index (χ3v) is 6.76. The van der Waals surface area contributed by atoms with E-state index in [1.807, 2.05) is 30.0 Å². The largest absolute Gasteiger partial charge is 0.496 e. The lowest BCUT2D eigenvalue weighted by Crippen LogP contribution is -2.46. The van der Waals surface area contributed by atoms with Crippen LogP contribution in [0.15, 0.2) is 52.9 Å². The van der Waals surface area contributed by atoms with Crippen molar-refractivity contribution < 1.29 is 23.5 Å². The molecule has 3 aromatic rings. The Kier molecular flexibility index (Phi) is 8.61. The van der Waals surface area contributed by atoms with Gasteiger partial charge in [-0.1, -0.05) is 24.3 Å². The average Bonchev–Trinajstić information content (AvgIpc) is 3.28. The molecule has 1 aliphatic heterocycles. The van der Waals surface area contributed by atoms with Gasteiger partial charge in [-0.3, -0.25) is 9.59 Å². The van der Waals surface area contributed by atoms with Gasteiger partial charge < -0.3 is 29.0 Å². The number of carbonyl (C=O) groups excluding carboxylic acids is 2. The second-order valence-electron chi connectivity index (χ2n) is 9.01. The lowest BCUT2D eigenvalue weighted by atomic mass is 10.0.